The lowest BCUT2D eigenvalue weighted by atomic mass is 10.2. The van der Waals surface area contributed by atoms with E-state index in [1.807, 2.05) is 13.0 Å². The fraction of sp³-hybridized carbons (Fsp3) is 0.0556. The van der Waals surface area contributed by atoms with E-state index in [9.17, 15) is 9.59 Å². The zero-order chi connectivity index (χ0) is 17.1. The van der Waals surface area contributed by atoms with Gasteiger partial charge in [-0.25, -0.2) is 0 Å². The standard InChI is InChI=1S/C18H14ClN3O2/c1-12-14(19)8-5-9-15(12)20-18(24)16-10-11-17(23)22(21-16)13-6-3-2-4-7-13/h2-11H,1H3,(H,20,24). The van der Waals surface area contributed by atoms with Crippen LogP contribution >= 0.6 is 11.6 Å². The summed E-state index contributed by atoms with van der Waals surface area (Å²) in [4.78, 5) is 24.4. The lowest BCUT2D eigenvalue weighted by Crippen LogP contribution is -2.25. The number of hydrogen-bond donors (Lipinski definition) is 1. The molecule has 0 fully saturated rings. The van der Waals surface area contributed by atoms with Crippen molar-refractivity contribution in [3.05, 3.63) is 87.3 Å². The number of nitrogens with one attached hydrogen (secondary N) is 1. The largest absolute Gasteiger partial charge is 0.320 e. The van der Waals surface area contributed by atoms with Crippen molar-refractivity contribution in [1.82, 2.24) is 9.78 Å². The van der Waals surface area contributed by atoms with E-state index in [4.69, 9.17) is 11.6 Å². The minimum absolute atomic E-state index is 0.137. The number of aromatic nitrogens is 2. The topological polar surface area (TPSA) is 64.0 Å². The van der Waals surface area contributed by atoms with Crippen molar-refractivity contribution in [3.8, 4) is 5.69 Å². The second-order valence-corrected chi connectivity index (χ2v) is 5.58. The number of nitrogens with zero attached hydrogens (tertiary/aromatic N) is 2. The molecular weight excluding hydrogens is 326 g/mol. The van der Waals surface area contributed by atoms with Gasteiger partial charge in [0.05, 0.1) is 5.69 Å². The molecule has 0 atom stereocenters. The molecule has 3 aromatic rings. The van der Waals surface area contributed by atoms with Crippen LogP contribution in [0, 0.1) is 6.92 Å². The van der Waals surface area contributed by atoms with E-state index in [1.165, 1.54) is 16.8 Å². The van der Waals surface area contributed by atoms with Gasteiger partial charge in [-0.05, 0) is 42.8 Å². The van der Waals surface area contributed by atoms with Crippen LogP contribution in [-0.2, 0) is 0 Å². The molecule has 6 heteroatoms. The molecule has 1 N–H and O–H groups in total. The van der Waals surface area contributed by atoms with Crippen molar-refractivity contribution in [3.63, 3.8) is 0 Å². The normalized spacial score (nSPS) is 10.4. The van der Waals surface area contributed by atoms with Crippen LogP contribution in [0.3, 0.4) is 0 Å². The summed E-state index contributed by atoms with van der Waals surface area (Å²) in [6.45, 7) is 1.82. The third kappa shape index (κ3) is 3.21. The van der Waals surface area contributed by atoms with E-state index in [0.29, 0.717) is 16.4 Å². The van der Waals surface area contributed by atoms with Crippen molar-refractivity contribution >= 4 is 23.2 Å². The Hall–Kier alpha value is -2.92. The molecule has 0 saturated carbocycles. The zero-order valence-corrected chi connectivity index (χ0v) is 13.6. The zero-order valence-electron chi connectivity index (χ0n) is 12.9. The summed E-state index contributed by atoms with van der Waals surface area (Å²) in [6, 6.07) is 16.9. The maximum absolute atomic E-state index is 12.4. The Balaban J connectivity index is 1.94. The lowest BCUT2D eigenvalue weighted by molar-refractivity contribution is 0.102. The van der Waals surface area contributed by atoms with E-state index in [1.54, 1.807) is 42.5 Å². The minimum Gasteiger partial charge on any atom is -0.320 e. The second kappa shape index (κ2) is 6.68. The van der Waals surface area contributed by atoms with Crippen LogP contribution in [0.25, 0.3) is 5.69 Å². The van der Waals surface area contributed by atoms with Gasteiger partial charge in [0.1, 0.15) is 5.69 Å². The van der Waals surface area contributed by atoms with Crippen LogP contribution in [0.4, 0.5) is 5.69 Å². The molecule has 0 aliphatic heterocycles. The first-order chi connectivity index (χ1) is 11.6. The lowest BCUT2D eigenvalue weighted by Gasteiger charge is -2.10. The van der Waals surface area contributed by atoms with Crippen LogP contribution in [-0.4, -0.2) is 15.7 Å². The molecule has 5 nitrogen and oxygen atoms in total. The number of para-hydroxylation sites is 1. The molecule has 0 radical (unpaired) electrons. The van der Waals surface area contributed by atoms with Crippen LogP contribution in [0.2, 0.25) is 5.02 Å². The smallest absolute Gasteiger partial charge is 0.276 e. The predicted octanol–water partition coefficient (Wildman–Crippen LogP) is 3.45. The van der Waals surface area contributed by atoms with Crippen molar-refractivity contribution in [1.29, 1.82) is 0 Å². The fourth-order valence-corrected chi connectivity index (χ4v) is 2.39. The number of halogens is 1. The third-order valence-electron chi connectivity index (χ3n) is 3.55. The molecule has 0 spiro atoms. The maximum atomic E-state index is 12.4. The highest BCUT2D eigenvalue weighted by Gasteiger charge is 2.12. The number of hydrogen-bond acceptors (Lipinski definition) is 3. The summed E-state index contributed by atoms with van der Waals surface area (Å²) >= 11 is 6.06. The number of carbonyl (C=O) groups is 1. The summed E-state index contributed by atoms with van der Waals surface area (Å²) in [5.74, 6) is -0.412. The molecule has 120 valence electrons. The first-order valence-electron chi connectivity index (χ1n) is 7.28. The molecule has 0 aliphatic carbocycles. The Morgan fingerprint density at radius 1 is 1.04 bits per heavy atom. The molecule has 1 aromatic heterocycles. The Morgan fingerprint density at radius 3 is 2.54 bits per heavy atom. The van der Waals surface area contributed by atoms with Gasteiger partial charge in [-0.2, -0.15) is 9.78 Å². The molecular formula is C18H14ClN3O2. The number of rotatable bonds is 3. The average Bonchev–Trinajstić information content (AvgIpc) is 2.60. The monoisotopic (exact) mass is 339 g/mol. The van der Waals surface area contributed by atoms with Crippen molar-refractivity contribution in [2.24, 2.45) is 0 Å². The van der Waals surface area contributed by atoms with Gasteiger partial charge >= 0.3 is 0 Å². The van der Waals surface area contributed by atoms with Crippen LogP contribution in [0.15, 0.2) is 65.5 Å². The number of anilines is 1. The first-order valence-corrected chi connectivity index (χ1v) is 7.66. The van der Waals surface area contributed by atoms with Gasteiger partial charge in [-0.15, -0.1) is 0 Å². The van der Waals surface area contributed by atoms with Crippen molar-refractivity contribution < 1.29 is 4.79 Å². The highest BCUT2D eigenvalue weighted by Crippen LogP contribution is 2.23. The molecule has 1 heterocycles. The Labute approximate surface area is 143 Å². The van der Waals surface area contributed by atoms with Gasteiger partial charge < -0.3 is 5.32 Å². The van der Waals surface area contributed by atoms with Crippen LogP contribution in [0.5, 0.6) is 0 Å². The summed E-state index contributed by atoms with van der Waals surface area (Å²) in [5.41, 5.74) is 1.79. The highest BCUT2D eigenvalue weighted by molar-refractivity contribution is 6.31. The molecule has 0 bridgehead atoms. The Kier molecular flexibility index (Phi) is 4.44. The summed E-state index contributed by atoms with van der Waals surface area (Å²) < 4.78 is 1.19. The minimum atomic E-state index is -0.412. The van der Waals surface area contributed by atoms with E-state index < -0.39 is 5.91 Å². The van der Waals surface area contributed by atoms with Gasteiger partial charge in [-0.3, -0.25) is 9.59 Å². The van der Waals surface area contributed by atoms with Gasteiger partial charge in [0.25, 0.3) is 11.5 Å². The first kappa shape index (κ1) is 16.0. The SMILES string of the molecule is Cc1c(Cl)cccc1NC(=O)c1ccc(=O)n(-c2ccccc2)n1. The third-order valence-corrected chi connectivity index (χ3v) is 3.96. The fourth-order valence-electron chi connectivity index (χ4n) is 2.22. The van der Waals surface area contributed by atoms with E-state index in [0.717, 1.165) is 5.56 Å². The van der Waals surface area contributed by atoms with E-state index in [-0.39, 0.29) is 11.3 Å². The predicted molar refractivity (Wildman–Crippen MR) is 94.0 cm³/mol. The van der Waals surface area contributed by atoms with Crippen LogP contribution in [0.1, 0.15) is 16.1 Å². The van der Waals surface area contributed by atoms with Crippen LogP contribution < -0.4 is 10.9 Å². The molecule has 2 aromatic carbocycles. The molecule has 1 amide bonds. The van der Waals surface area contributed by atoms with E-state index >= 15 is 0 Å². The number of benzene rings is 2. The molecule has 0 saturated heterocycles. The van der Waals surface area contributed by atoms with Gasteiger partial charge in [-0.1, -0.05) is 35.9 Å². The van der Waals surface area contributed by atoms with Gasteiger partial charge in [0.15, 0.2) is 0 Å². The highest BCUT2D eigenvalue weighted by atomic mass is 35.5. The van der Waals surface area contributed by atoms with E-state index in [2.05, 4.69) is 10.4 Å². The number of carbonyl (C=O) groups excluding carboxylic acids is 1. The molecule has 24 heavy (non-hydrogen) atoms. The Bertz CT molecular complexity index is 952. The number of amides is 1. The molecule has 3 rings (SSSR count). The van der Waals surface area contributed by atoms with Gasteiger partial charge in [0, 0.05) is 16.8 Å². The summed E-state index contributed by atoms with van der Waals surface area (Å²) in [7, 11) is 0. The summed E-state index contributed by atoms with van der Waals surface area (Å²) in [6.07, 6.45) is 0. The average molecular weight is 340 g/mol. The van der Waals surface area contributed by atoms with Crippen molar-refractivity contribution in [2.45, 2.75) is 6.92 Å². The quantitative estimate of drug-likeness (QED) is 0.795. The second-order valence-electron chi connectivity index (χ2n) is 5.17. The molecule has 0 unspecified atom stereocenters. The van der Waals surface area contributed by atoms with Gasteiger partial charge in [0.2, 0.25) is 0 Å². The van der Waals surface area contributed by atoms with Crippen molar-refractivity contribution in [2.75, 3.05) is 5.32 Å². The Morgan fingerprint density at radius 2 is 1.79 bits per heavy atom. The summed E-state index contributed by atoms with van der Waals surface area (Å²) in [5, 5.41) is 7.48. The molecule has 0 aliphatic rings. The maximum Gasteiger partial charge on any atom is 0.276 e.